The lowest BCUT2D eigenvalue weighted by Gasteiger charge is -2.50. The van der Waals surface area contributed by atoms with Gasteiger partial charge in [-0.05, 0) is 75.1 Å². The lowest BCUT2D eigenvalue weighted by molar-refractivity contribution is 0.0221. The van der Waals surface area contributed by atoms with Gasteiger partial charge in [0.2, 0.25) is 0 Å². The summed E-state index contributed by atoms with van der Waals surface area (Å²) in [5, 5.41) is 16.3. The Morgan fingerprint density at radius 1 is 1.23 bits per heavy atom. The van der Waals surface area contributed by atoms with E-state index in [0.29, 0.717) is 11.2 Å². The van der Waals surface area contributed by atoms with Crippen LogP contribution in [0.3, 0.4) is 0 Å². The number of rotatable bonds is 3. The number of nitrogen functional groups attached to an aromatic ring is 1. The molecule has 3 N–H and O–H groups in total. The molecule has 26 heavy (non-hydrogen) atoms. The lowest BCUT2D eigenvalue weighted by Crippen LogP contribution is -2.46. The van der Waals surface area contributed by atoms with Crippen molar-refractivity contribution in [1.29, 1.82) is 0 Å². The molecule has 3 heterocycles. The van der Waals surface area contributed by atoms with Crippen molar-refractivity contribution in [2.75, 3.05) is 18.8 Å². The van der Waals surface area contributed by atoms with Crippen LogP contribution in [0.2, 0.25) is 0 Å². The van der Waals surface area contributed by atoms with Crippen LogP contribution in [-0.4, -0.2) is 33.1 Å². The van der Waals surface area contributed by atoms with Crippen LogP contribution in [0.25, 0.3) is 11.3 Å². The van der Waals surface area contributed by atoms with Crippen molar-refractivity contribution in [2.45, 2.75) is 39.0 Å². The Hall–Kier alpha value is -1.37. The van der Waals surface area contributed by atoms with Crippen LogP contribution < -0.4 is 11.1 Å². The Bertz CT molecular complexity index is 746. The number of anilines is 1. The van der Waals surface area contributed by atoms with E-state index in [1.54, 1.807) is 0 Å². The van der Waals surface area contributed by atoms with Crippen molar-refractivity contribution in [3.8, 4) is 11.3 Å². The highest BCUT2D eigenvalue weighted by Gasteiger charge is 2.44. The maximum Gasteiger partial charge on any atom is 0.149 e. The summed E-state index contributed by atoms with van der Waals surface area (Å²) in [6, 6.07) is 2.11. The maximum absolute atomic E-state index is 6.10. The van der Waals surface area contributed by atoms with Crippen molar-refractivity contribution < 1.29 is 0 Å². The minimum atomic E-state index is 0. The molecule has 2 aromatic heterocycles. The molecule has 1 aliphatic heterocycles. The van der Waals surface area contributed by atoms with E-state index in [2.05, 4.69) is 26.7 Å². The van der Waals surface area contributed by atoms with E-state index in [1.165, 1.54) is 38.8 Å². The van der Waals surface area contributed by atoms with E-state index < -0.39 is 0 Å². The number of aryl methyl sites for hydroxylation is 2. The van der Waals surface area contributed by atoms with Gasteiger partial charge >= 0.3 is 0 Å². The molecule has 0 unspecified atom stereocenters. The first kappa shape index (κ1) is 20.9. The van der Waals surface area contributed by atoms with E-state index in [1.807, 2.05) is 24.9 Å². The summed E-state index contributed by atoms with van der Waals surface area (Å²) in [4.78, 5) is 0. The average molecular weight is 399 g/mol. The van der Waals surface area contributed by atoms with E-state index in [9.17, 15) is 0 Å². The minimum absolute atomic E-state index is 0. The summed E-state index contributed by atoms with van der Waals surface area (Å²) >= 11 is 0. The van der Waals surface area contributed by atoms with Crippen molar-refractivity contribution in [1.82, 2.24) is 25.3 Å². The summed E-state index contributed by atoms with van der Waals surface area (Å²) < 4.78 is 1.81. The molecule has 0 bridgehead atoms. The van der Waals surface area contributed by atoms with Crippen LogP contribution in [0, 0.1) is 18.3 Å². The van der Waals surface area contributed by atoms with E-state index in [0.717, 1.165) is 34.9 Å². The molecule has 2 aromatic rings. The largest absolute Gasteiger partial charge is 0.382 e. The number of nitrogens with two attached hydrogens (primary N) is 1. The molecular weight excluding hydrogens is 371 g/mol. The quantitative estimate of drug-likeness (QED) is 0.830. The Labute approximate surface area is 167 Å². The SMILES string of the molecule is Cc1nn(C)cc1-c1cc(CC2CC3(CCNCC3)C2)c(N)nn1.Cl.Cl. The molecule has 6 nitrogen and oxygen atoms in total. The third-order valence-corrected chi connectivity index (χ3v) is 5.81. The maximum atomic E-state index is 6.10. The first-order valence-corrected chi connectivity index (χ1v) is 8.88. The highest BCUT2D eigenvalue weighted by atomic mass is 35.5. The van der Waals surface area contributed by atoms with Crippen LogP contribution >= 0.6 is 24.8 Å². The second kappa shape index (κ2) is 8.11. The van der Waals surface area contributed by atoms with Gasteiger partial charge in [-0.1, -0.05) is 0 Å². The van der Waals surface area contributed by atoms with Gasteiger partial charge in [0.05, 0.1) is 11.4 Å². The standard InChI is InChI=1S/C18H26N6.2ClH/c1-12-15(11-24(2)23-12)16-8-14(17(19)22-21-16)7-13-9-18(10-13)3-5-20-6-4-18;;/h8,11,13,20H,3-7,9-10H2,1-2H3,(H2,19,22);2*1H. The third kappa shape index (κ3) is 3.97. The van der Waals surface area contributed by atoms with Crippen LogP contribution in [0.1, 0.15) is 36.9 Å². The number of aromatic nitrogens is 4. The highest BCUT2D eigenvalue weighted by molar-refractivity contribution is 5.85. The topological polar surface area (TPSA) is 81.7 Å². The molecule has 0 amide bonds. The molecule has 1 saturated heterocycles. The van der Waals surface area contributed by atoms with Gasteiger partial charge in [-0.15, -0.1) is 35.0 Å². The summed E-state index contributed by atoms with van der Waals surface area (Å²) in [6.45, 7) is 4.35. The second-order valence-corrected chi connectivity index (χ2v) is 7.67. The smallest absolute Gasteiger partial charge is 0.149 e. The Morgan fingerprint density at radius 3 is 2.54 bits per heavy atom. The van der Waals surface area contributed by atoms with Gasteiger partial charge in [-0.2, -0.15) is 5.10 Å². The Kier molecular flexibility index (Phi) is 6.53. The average Bonchev–Trinajstić information content (AvgIpc) is 2.87. The zero-order chi connectivity index (χ0) is 16.7. The molecular formula is C18H28Cl2N6. The van der Waals surface area contributed by atoms with Crippen molar-refractivity contribution in [3.63, 3.8) is 0 Å². The molecule has 1 spiro atoms. The number of hydrogen-bond donors (Lipinski definition) is 2. The first-order valence-electron chi connectivity index (χ1n) is 8.88. The van der Waals surface area contributed by atoms with Gasteiger partial charge in [0, 0.05) is 18.8 Å². The molecule has 4 rings (SSSR count). The lowest BCUT2D eigenvalue weighted by atomic mass is 9.56. The molecule has 2 aliphatic rings. The number of halogens is 2. The van der Waals surface area contributed by atoms with Gasteiger partial charge in [0.1, 0.15) is 5.82 Å². The summed E-state index contributed by atoms with van der Waals surface area (Å²) in [5.41, 5.74) is 10.7. The fourth-order valence-corrected chi connectivity index (χ4v) is 4.57. The Balaban J connectivity index is 0.00000121. The predicted molar refractivity (Wildman–Crippen MR) is 109 cm³/mol. The summed E-state index contributed by atoms with van der Waals surface area (Å²) in [5.74, 6) is 1.31. The molecule has 144 valence electrons. The van der Waals surface area contributed by atoms with Crippen molar-refractivity contribution >= 4 is 30.6 Å². The monoisotopic (exact) mass is 398 g/mol. The molecule has 0 atom stereocenters. The number of hydrogen-bond acceptors (Lipinski definition) is 5. The van der Waals surface area contributed by atoms with Crippen molar-refractivity contribution in [3.05, 3.63) is 23.5 Å². The van der Waals surface area contributed by atoms with Gasteiger partial charge in [0.15, 0.2) is 0 Å². The second-order valence-electron chi connectivity index (χ2n) is 7.67. The zero-order valence-corrected chi connectivity index (χ0v) is 17.0. The van der Waals surface area contributed by atoms with Crippen LogP contribution in [0.15, 0.2) is 12.3 Å². The molecule has 2 fully saturated rings. The Morgan fingerprint density at radius 2 is 1.92 bits per heavy atom. The van der Waals surface area contributed by atoms with Crippen LogP contribution in [0.5, 0.6) is 0 Å². The van der Waals surface area contributed by atoms with Crippen LogP contribution in [-0.2, 0) is 13.5 Å². The van der Waals surface area contributed by atoms with Gasteiger partial charge in [-0.25, -0.2) is 0 Å². The van der Waals surface area contributed by atoms with Gasteiger partial charge in [0.25, 0.3) is 0 Å². The van der Waals surface area contributed by atoms with E-state index in [-0.39, 0.29) is 24.8 Å². The van der Waals surface area contributed by atoms with Crippen molar-refractivity contribution in [2.24, 2.45) is 18.4 Å². The fourth-order valence-electron chi connectivity index (χ4n) is 4.57. The van der Waals surface area contributed by atoms with Gasteiger partial charge < -0.3 is 11.1 Å². The number of nitrogens with one attached hydrogen (secondary N) is 1. The normalized spacial score (nSPS) is 18.7. The minimum Gasteiger partial charge on any atom is -0.382 e. The highest BCUT2D eigenvalue weighted by Crippen LogP contribution is 2.52. The summed E-state index contributed by atoms with van der Waals surface area (Å²) in [6.07, 6.45) is 8.33. The molecule has 8 heteroatoms. The van der Waals surface area contributed by atoms with E-state index in [4.69, 9.17) is 5.73 Å². The molecule has 1 aliphatic carbocycles. The zero-order valence-electron chi connectivity index (χ0n) is 15.4. The molecule has 1 saturated carbocycles. The molecule has 0 aromatic carbocycles. The fraction of sp³-hybridized carbons (Fsp3) is 0.611. The molecule has 0 radical (unpaired) electrons. The first-order chi connectivity index (χ1) is 11.5. The third-order valence-electron chi connectivity index (χ3n) is 5.81. The van der Waals surface area contributed by atoms with Gasteiger partial charge in [-0.3, -0.25) is 4.68 Å². The predicted octanol–water partition coefficient (Wildman–Crippen LogP) is 2.93. The van der Waals surface area contributed by atoms with E-state index >= 15 is 0 Å². The summed E-state index contributed by atoms with van der Waals surface area (Å²) in [7, 11) is 1.93. The number of nitrogens with zero attached hydrogens (tertiary/aromatic N) is 4. The van der Waals surface area contributed by atoms with Crippen LogP contribution in [0.4, 0.5) is 5.82 Å². The number of piperidine rings is 1.